The van der Waals surface area contributed by atoms with Crippen LogP contribution in [-0.4, -0.2) is 42.1 Å². The van der Waals surface area contributed by atoms with Gasteiger partial charge in [-0.25, -0.2) is 0 Å². The summed E-state index contributed by atoms with van der Waals surface area (Å²) in [5.74, 6) is -0.744. The number of rotatable bonds is 7. The van der Waals surface area contributed by atoms with Crippen molar-refractivity contribution < 1.29 is 18.0 Å². The molecule has 1 aliphatic heterocycles. The van der Waals surface area contributed by atoms with Crippen LogP contribution in [0.5, 0.6) is 0 Å². The number of thiophene rings is 1. The fourth-order valence-electron chi connectivity index (χ4n) is 2.49. The average Bonchev–Trinajstić information content (AvgIpc) is 3.22. The van der Waals surface area contributed by atoms with Gasteiger partial charge < -0.3 is 5.32 Å². The average molecular weight is 470 g/mol. The summed E-state index contributed by atoms with van der Waals surface area (Å²) in [4.78, 5) is 26.2. The van der Waals surface area contributed by atoms with Crippen LogP contribution in [-0.2, 0) is 19.6 Å². The van der Waals surface area contributed by atoms with Crippen LogP contribution >= 0.6 is 34.7 Å². The number of carbonyl (C=O) groups is 2. The fraction of sp³-hybridized carbons (Fsp3) is 0.167. The molecule has 1 fully saturated rings. The van der Waals surface area contributed by atoms with E-state index in [0.717, 1.165) is 23.1 Å². The lowest BCUT2D eigenvalue weighted by atomic mass is 10.2. The Kier molecular flexibility index (Phi) is 6.78. The van der Waals surface area contributed by atoms with Gasteiger partial charge in [0.05, 0.1) is 4.34 Å². The van der Waals surface area contributed by atoms with Gasteiger partial charge in [-0.2, -0.15) is 8.42 Å². The minimum absolute atomic E-state index is 0.0110. The van der Waals surface area contributed by atoms with Crippen LogP contribution in [0.25, 0.3) is 0 Å². The van der Waals surface area contributed by atoms with E-state index < -0.39 is 21.2 Å². The second kappa shape index (κ2) is 9.12. The van der Waals surface area contributed by atoms with E-state index >= 15 is 0 Å². The van der Waals surface area contributed by atoms with Gasteiger partial charge in [0, 0.05) is 18.7 Å². The van der Waals surface area contributed by atoms with E-state index in [0.29, 0.717) is 10.0 Å². The lowest BCUT2D eigenvalue weighted by Crippen LogP contribution is -2.33. The molecule has 2 amide bonds. The summed E-state index contributed by atoms with van der Waals surface area (Å²) in [7, 11) is -4.03. The van der Waals surface area contributed by atoms with E-state index in [9.17, 15) is 18.0 Å². The third-order valence-corrected chi connectivity index (χ3v) is 8.02. The number of hydrogen-bond acceptors (Lipinski definition) is 6. The molecule has 2 aromatic rings. The molecule has 0 aliphatic carbocycles. The van der Waals surface area contributed by atoms with Crippen molar-refractivity contribution in [2.45, 2.75) is 15.9 Å². The lowest BCUT2D eigenvalue weighted by Gasteiger charge is -2.13. The molecule has 152 valence electrons. The zero-order valence-corrected chi connectivity index (χ0v) is 18.2. The number of benzene rings is 1. The quantitative estimate of drug-likeness (QED) is 0.625. The first kappa shape index (κ1) is 21.6. The van der Waals surface area contributed by atoms with E-state index in [4.69, 9.17) is 11.6 Å². The third-order valence-electron chi connectivity index (χ3n) is 3.76. The van der Waals surface area contributed by atoms with Crippen LogP contribution in [0.3, 0.4) is 0 Å². The van der Waals surface area contributed by atoms with Crippen LogP contribution in [0.1, 0.15) is 6.42 Å². The summed E-state index contributed by atoms with van der Waals surface area (Å²) in [6.07, 6.45) is 1.35. The first-order chi connectivity index (χ1) is 13.8. The van der Waals surface area contributed by atoms with Crippen molar-refractivity contribution in [3.05, 3.63) is 59.5 Å². The highest BCUT2D eigenvalue weighted by molar-refractivity contribution is 8.16. The number of sulfonamides is 1. The molecule has 1 aromatic heterocycles. The van der Waals surface area contributed by atoms with Crippen molar-refractivity contribution in [1.29, 1.82) is 0 Å². The van der Waals surface area contributed by atoms with Gasteiger partial charge in [0.15, 0.2) is 5.17 Å². The highest BCUT2D eigenvalue weighted by Gasteiger charge is 2.39. The van der Waals surface area contributed by atoms with Gasteiger partial charge >= 0.3 is 0 Å². The Morgan fingerprint density at radius 3 is 2.62 bits per heavy atom. The second-order valence-corrected chi connectivity index (χ2v) is 10.6. The molecule has 0 saturated carbocycles. The Morgan fingerprint density at radius 2 is 2.00 bits per heavy atom. The van der Waals surface area contributed by atoms with Gasteiger partial charge in [-0.1, -0.05) is 47.6 Å². The van der Waals surface area contributed by atoms with Crippen LogP contribution in [0.15, 0.2) is 63.7 Å². The summed E-state index contributed by atoms with van der Waals surface area (Å²) in [6.45, 7) is 3.68. The topological polar surface area (TPSA) is 95.9 Å². The van der Waals surface area contributed by atoms with Gasteiger partial charge in [-0.3, -0.25) is 14.5 Å². The minimum atomic E-state index is -4.03. The maximum absolute atomic E-state index is 12.7. The van der Waals surface area contributed by atoms with Crippen LogP contribution in [0.2, 0.25) is 4.34 Å². The zero-order valence-electron chi connectivity index (χ0n) is 14.9. The maximum Gasteiger partial charge on any atom is 0.294 e. The maximum atomic E-state index is 12.7. The summed E-state index contributed by atoms with van der Waals surface area (Å²) in [5, 5.41) is 1.95. The number of para-hydroxylation sites is 1. The number of amides is 2. The second-order valence-electron chi connectivity index (χ2n) is 5.87. The van der Waals surface area contributed by atoms with Crippen LogP contribution < -0.4 is 5.32 Å². The molecule has 0 spiro atoms. The number of anilines is 1. The summed E-state index contributed by atoms with van der Waals surface area (Å²) in [5.41, 5.74) is 0.613. The van der Waals surface area contributed by atoms with E-state index in [1.165, 1.54) is 23.1 Å². The third kappa shape index (κ3) is 5.27. The minimum Gasteiger partial charge on any atom is -0.326 e. The SMILES string of the molecule is C=CCN1C(=O)[C@@H](CC(=O)Nc2ccccc2)SC1=NS(=O)(=O)c1ccc(Cl)s1. The first-order valence-electron chi connectivity index (χ1n) is 8.34. The molecule has 0 bridgehead atoms. The molecular formula is C18H16ClN3O4S3. The van der Waals surface area contributed by atoms with E-state index in [-0.39, 0.29) is 28.2 Å². The summed E-state index contributed by atoms with van der Waals surface area (Å²) < 4.78 is 29.2. The molecule has 1 N–H and O–H groups in total. The fourth-order valence-corrected chi connectivity index (χ4v) is 6.32. The Labute approximate surface area is 181 Å². The van der Waals surface area contributed by atoms with Gasteiger partial charge in [0.2, 0.25) is 11.8 Å². The van der Waals surface area contributed by atoms with E-state index in [1.54, 1.807) is 24.3 Å². The van der Waals surface area contributed by atoms with Crippen molar-refractivity contribution in [1.82, 2.24) is 4.90 Å². The Balaban J connectivity index is 1.79. The number of nitrogens with one attached hydrogen (secondary N) is 1. The molecule has 1 aliphatic rings. The molecule has 3 rings (SSSR count). The number of hydrogen-bond donors (Lipinski definition) is 1. The zero-order chi connectivity index (χ0) is 21.0. The van der Waals surface area contributed by atoms with Gasteiger partial charge in [0.1, 0.15) is 9.46 Å². The van der Waals surface area contributed by atoms with Gasteiger partial charge in [-0.15, -0.1) is 22.3 Å². The first-order valence-corrected chi connectivity index (χ1v) is 11.9. The number of halogens is 1. The van der Waals surface area contributed by atoms with Crippen molar-refractivity contribution in [2.75, 3.05) is 11.9 Å². The molecule has 11 heteroatoms. The predicted octanol–water partition coefficient (Wildman–Crippen LogP) is 3.61. The number of amidine groups is 1. The molecule has 1 saturated heterocycles. The Bertz CT molecular complexity index is 1070. The van der Waals surface area contributed by atoms with Gasteiger partial charge in [0.25, 0.3) is 10.0 Å². The van der Waals surface area contributed by atoms with Gasteiger partial charge in [-0.05, 0) is 24.3 Å². The standard InChI is InChI=1S/C18H16ClN3O4S3/c1-2-10-22-17(24)13(11-15(23)20-12-6-4-3-5-7-12)27-18(22)21-29(25,26)16-9-8-14(19)28-16/h2-9,13H,1,10-11H2,(H,20,23)/t13-/m1/s1. The van der Waals surface area contributed by atoms with Crippen molar-refractivity contribution >= 4 is 67.4 Å². The van der Waals surface area contributed by atoms with Crippen molar-refractivity contribution in [3.8, 4) is 0 Å². The largest absolute Gasteiger partial charge is 0.326 e. The molecular weight excluding hydrogens is 454 g/mol. The van der Waals surface area contributed by atoms with E-state index in [1.807, 2.05) is 6.07 Å². The number of carbonyl (C=O) groups excluding carboxylic acids is 2. The Morgan fingerprint density at radius 1 is 1.28 bits per heavy atom. The number of thioether (sulfide) groups is 1. The lowest BCUT2D eigenvalue weighted by molar-refractivity contribution is -0.127. The summed E-state index contributed by atoms with van der Waals surface area (Å²) in [6, 6.07) is 11.7. The molecule has 0 radical (unpaired) electrons. The Hall–Kier alpha value is -2.14. The number of nitrogens with zero attached hydrogens (tertiary/aromatic N) is 2. The highest BCUT2D eigenvalue weighted by atomic mass is 35.5. The molecule has 0 unspecified atom stereocenters. The van der Waals surface area contributed by atoms with E-state index in [2.05, 4.69) is 16.3 Å². The molecule has 1 aromatic carbocycles. The molecule has 1 atom stereocenters. The smallest absolute Gasteiger partial charge is 0.294 e. The monoisotopic (exact) mass is 469 g/mol. The predicted molar refractivity (Wildman–Crippen MR) is 117 cm³/mol. The summed E-state index contributed by atoms with van der Waals surface area (Å²) >= 11 is 7.63. The highest BCUT2D eigenvalue weighted by Crippen LogP contribution is 2.33. The molecule has 2 heterocycles. The van der Waals surface area contributed by atoms with Crippen LogP contribution in [0, 0.1) is 0 Å². The van der Waals surface area contributed by atoms with Crippen molar-refractivity contribution in [2.24, 2.45) is 4.40 Å². The van der Waals surface area contributed by atoms with Crippen molar-refractivity contribution in [3.63, 3.8) is 0 Å². The normalized spacial score (nSPS) is 18.2. The van der Waals surface area contributed by atoms with Crippen LogP contribution in [0.4, 0.5) is 5.69 Å². The molecule has 7 nitrogen and oxygen atoms in total. The molecule has 29 heavy (non-hydrogen) atoms.